The maximum atomic E-state index is 13.6. The Morgan fingerprint density at radius 1 is 1.00 bits per heavy atom. The second-order valence-electron chi connectivity index (χ2n) is 9.45. The van der Waals surface area contributed by atoms with Crippen LogP contribution in [-0.4, -0.2) is 36.0 Å². The number of hydrogen-bond acceptors (Lipinski definition) is 4. The highest BCUT2D eigenvalue weighted by molar-refractivity contribution is 5.89. The average molecular weight is 475 g/mol. The maximum absolute atomic E-state index is 13.6. The van der Waals surface area contributed by atoms with E-state index in [0.717, 1.165) is 48.9 Å². The molecule has 1 aliphatic heterocycles. The van der Waals surface area contributed by atoms with E-state index in [1.165, 1.54) is 19.2 Å². The molecule has 2 aliphatic rings. The van der Waals surface area contributed by atoms with Gasteiger partial charge in [-0.3, -0.25) is 9.69 Å². The molecule has 2 aromatic carbocycles. The largest absolute Gasteiger partial charge is 0.465 e. The molecule has 4 rings (SSSR count). The minimum absolute atomic E-state index is 0.0753. The summed E-state index contributed by atoms with van der Waals surface area (Å²) in [6.07, 6.45) is -0.225. The van der Waals surface area contributed by atoms with Crippen LogP contribution in [0.5, 0.6) is 0 Å². The number of likely N-dealkylation sites (tertiary alicyclic amines) is 1. The fourth-order valence-corrected chi connectivity index (χ4v) is 4.71. The van der Waals surface area contributed by atoms with Gasteiger partial charge in [0.1, 0.15) is 0 Å². The summed E-state index contributed by atoms with van der Waals surface area (Å²) >= 11 is 0. The highest BCUT2D eigenvalue weighted by atomic mass is 19.4. The number of halogens is 3. The number of esters is 1. The first kappa shape index (κ1) is 24.3. The average Bonchev–Trinajstić information content (AvgIpc) is 3.60. The summed E-state index contributed by atoms with van der Waals surface area (Å²) in [5.74, 6) is -0.484. The van der Waals surface area contributed by atoms with Crippen molar-refractivity contribution in [2.75, 3.05) is 13.7 Å². The van der Waals surface area contributed by atoms with Crippen LogP contribution in [0.1, 0.15) is 66.1 Å². The molecule has 0 aromatic heterocycles. The molecule has 1 saturated heterocycles. The van der Waals surface area contributed by atoms with E-state index in [0.29, 0.717) is 25.1 Å². The van der Waals surface area contributed by atoms with Crippen molar-refractivity contribution in [2.24, 2.45) is 0 Å². The number of ether oxygens (including phenoxy) is 1. The van der Waals surface area contributed by atoms with Gasteiger partial charge in [-0.2, -0.15) is 13.2 Å². The number of carbonyl (C=O) groups is 2. The van der Waals surface area contributed by atoms with Gasteiger partial charge in [-0.1, -0.05) is 24.3 Å². The Morgan fingerprint density at radius 3 is 2.21 bits per heavy atom. The molecular weight excluding hydrogens is 445 g/mol. The van der Waals surface area contributed by atoms with Gasteiger partial charge in [0.15, 0.2) is 0 Å². The van der Waals surface area contributed by atoms with E-state index in [1.807, 2.05) is 19.1 Å². The third-order valence-electron chi connectivity index (χ3n) is 7.14. The standard InChI is InChI=1S/C26H29F3N2O3/c1-24(13-3-4-16-31(24)17-18-5-9-21(10-6-18)26(27,28)29)23(33)30-25(14-15-25)20-11-7-19(8-12-20)22(32)34-2/h5-12H,3-4,13-17H2,1-2H3,(H,30,33). The molecule has 0 radical (unpaired) electrons. The number of methoxy groups -OCH3 is 1. The molecule has 34 heavy (non-hydrogen) atoms. The Hall–Kier alpha value is -2.87. The number of hydrogen-bond donors (Lipinski definition) is 1. The van der Waals surface area contributed by atoms with Crippen LogP contribution in [0.3, 0.4) is 0 Å². The Labute approximate surface area is 197 Å². The van der Waals surface area contributed by atoms with Gasteiger partial charge >= 0.3 is 12.1 Å². The summed E-state index contributed by atoms with van der Waals surface area (Å²) in [6.45, 7) is 3.02. The third kappa shape index (κ3) is 4.82. The lowest BCUT2D eigenvalue weighted by Gasteiger charge is -2.44. The molecule has 1 amide bonds. The molecule has 182 valence electrons. The zero-order chi connectivity index (χ0) is 24.6. The van der Waals surface area contributed by atoms with Crippen molar-refractivity contribution in [3.05, 3.63) is 70.8 Å². The van der Waals surface area contributed by atoms with Crippen molar-refractivity contribution in [1.29, 1.82) is 0 Å². The zero-order valence-corrected chi connectivity index (χ0v) is 19.4. The lowest BCUT2D eigenvalue weighted by molar-refractivity contribution is -0.137. The van der Waals surface area contributed by atoms with Crippen LogP contribution in [0.25, 0.3) is 0 Å². The second-order valence-corrected chi connectivity index (χ2v) is 9.45. The molecule has 2 aromatic rings. The Morgan fingerprint density at radius 2 is 1.65 bits per heavy atom. The van der Waals surface area contributed by atoms with E-state index in [1.54, 1.807) is 12.1 Å². The van der Waals surface area contributed by atoms with Gasteiger partial charge < -0.3 is 10.1 Å². The van der Waals surface area contributed by atoms with Gasteiger partial charge in [0.2, 0.25) is 5.91 Å². The first-order valence-corrected chi connectivity index (χ1v) is 11.5. The van der Waals surface area contributed by atoms with Crippen LogP contribution in [0.4, 0.5) is 13.2 Å². The molecule has 1 N–H and O–H groups in total. The zero-order valence-electron chi connectivity index (χ0n) is 19.4. The van der Waals surface area contributed by atoms with Gasteiger partial charge in [0.25, 0.3) is 0 Å². The van der Waals surface area contributed by atoms with Gasteiger partial charge in [0.05, 0.1) is 29.3 Å². The summed E-state index contributed by atoms with van der Waals surface area (Å²) in [5.41, 5.74) is 0.254. The van der Waals surface area contributed by atoms with Crippen molar-refractivity contribution in [3.8, 4) is 0 Å². The lowest BCUT2D eigenvalue weighted by atomic mass is 9.86. The Balaban J connectivity index is 1.49. The summed E-state index contributed by atoms with van der Waals surface area (Å²) in [4.78, 5) is 27.4. The number of amides is 1. The van der Waals surface area contributed by atoms with E-state index < -0.39 is 28.8 Å². The number of nitrogens with zero attached hydrogens (tertiary/aromatic N) is 1. The quantitative estimate of drug-likeness (QED) is 0.596. The van der Waals surface area contributed by atoms with Crippen molar-refractivity contribution in [3.63, 3.8) is 0 Å². The lowest BCUT2D eigenvalue weighted by Crippen LogP contribution is -2.60. The van der Waals surface area contributed by atoms with Crippen molar-refractivity contribution < 1.29 is 27.5 Å². The van der Waals surface area contributed by atoms with Crippen LogP contribution in [0.15, 0.2) is 48.5 Å². The van der Waals surface area contributed by atoms with Crippen molar-refractivity contribution in [2.45, 2.75) is 62.8 Å². The van der Waals surface area contributed by atoms with Crippen LogP contribution in [-0.2, 0) is 27.8 Å². The van der Waals surface area contributed by atoms with Crippen LogP contribution in [0.2, 0.25) is 0 Å². The number of carbonyl (C=O) groups excluding carboxylic acids is 2. The molecule has 5 nitrogen and oxygen atoms in total. The summed E-state index contributed by atoms with van der Waals surface area (Å²) in [5, 5.41) is 3.26. The predicted octanol–water partition coefficient (Wildman–Crippen LogP) is 5.04. The fraction of sp³-hybridized carbons (Fsp3) is 0.462. The van der Waals surface area contributed by atoms with E-state index >= 15 is 0 Å². The highest BCUT2D eigenvalue weighted by Crippen LogP contribution is 2.46. The van der Waals surface area contributed by atoms with Crippen molar-refractivity contribution >= 4 is 11.9 Å². The fourth-order valence-electron chi connectivity index (χ4n) is 4.71. The predicted molar refractivity (Wildman–Crippen MR) is 121 cm³/mol. The smallest absolute Gasteiger partial charge is 0.416 e. The molecule has 1 aliphatic carbocycles. The number of nitrogens with one attached hydrogen (secondary N) is 1. The Kier molecular flexibility index (Phi) is 6.46. The first-order valence-electron chi connectivity index (χ1n) is 11.5. The van der Waals surface area contributed by atoms with Gasteiger partial charge in [-0.05, 0) is 81.0 Å². The second kappa shape index (κ2) is 9.06. The number of alkyl halides is 3. The molecule has 0 spiro atoms. The van der Waals surface area contributed by atoms with E-state index in [-0.39, 0.29) is 5.91 Å². The van der Waals surface area contributed by atoms with Gasteiger partial charge in [-0.25, -0.2) is 4.79 Å². The van der Waals surface area contributed by atoms with Crippen molar-refractivity contribution in [1.82, 2.24) is 10.2 Å². The van der Waals surface area contributed by atoms with Crippen LogP contribution < -0.4 is 5.32 Å². The van der Waals surface area contributed by atoms with Gasteiger partial charge in [0, 0.05) is 6.54 Å². The normalized spacial score (nSPS) is 22.1. The van der Waals surface area contributed by atoms with E-state index in [4.69, 9.17) is 4.74 Å². The molecule has 2 fully saturated rings. The summed E-state index contributed by atoms with van der Waals surface area (Å²) in [7, 11) is 1.33. The maximum Gasteiger partial charge on any atom is 0.416 e. The van der Waals surface area contributed by atoms with E-state index in [2.05, 4.69) is 10.2 Å². The van der Waals surface area contributed by atoms with Gasteiger partial charge in [-0.15, -0.1) is 0 Å². The summed E-state index contributed by atoms with van der Waals surface area (Å²) < 4.78 is 43.5. The third-order valence-corrected chi connectivity index (χ3v) is 7.14. The van der Waals surface area contributed by atoms with Crippen LogP contribution >= 0.6 is 0 Å². The minimum atomic E-state index is -4.37. The number of rotatable bonds is 6. The molecule has 0 bridgehead atoms. The molecule has 1 saturated carbocycles. The molecule has 1 atom stereocenters. The minimum Gasteiger partial charge on any atom is -0.465 e. The monoisotopic (exact) mass is 474 g/mol. The van der Waals surface area contributed by atoms with E-state index in [9.17, 15) is 22.8 Å². The molecule has 1 heterocycles. The summed E-state index contributed by atoms with van der Waals surface area (Å²) in [6, 6.07) is 12.3. The topological polar surface area (TPSA) is 58.6 Å². The highest BCUT2D eigenvalue weighted by Gasteiger charge is 2.50. The molecule has 1 unspecified atom stereocenters. The Bertz CT molecular complexity index is 1050. The first-order chi connectivity index (χ1) is 16.1. The SMILES string of the molecule is COC(=O)c1ccc(C2(NC(=O)C3(C)CCCCN3Cc3ccc(C(F)(F)F)cc3)CC2)cc1. The number of piperidine rings is 1. The number of benzene rings is 2. The molecular formula is C26H29F3N2O3. The van der Waals surface area contributed by atoms with Crippen LogP contribution in [0, 0.1) is 0 Å². The molecule has 8 heteroatoms.